The number of aryl methyl sites for hydroxylation is 1. The van der Waals surface area contributed by atoms with E-state index in [4.69, 9.17) is 0 Å². The van der Waals surface area contributed by atoms with Crippen molar-refractivity contribution in [2.45, 2.75) is 53.1 Å². The topological polar surface area (TPSA) is 41.1 Å². The fourth-order valence-corrected chi connectivity index (χ4v) is 2.51. The minimum Gasteiger partial charge on any atom is -0.336 e. The van der Waals surface area contributed by atoms with E-state index in [0.717, 1.165) is 12.8 Å². The van der Waals surface area contributed by atoms with E-state index in [0.29, 0.717) is 12.5 Å². The van der Waals surface area contributed by atoms with Gasteiger partial charge in [0.25, 0.3) is 0 Å². The standard InChI is InChI=1S/C14H24N2OS/c1-10(2)5-6-11(3)16-14(17)15-9-13-8-7-12(4)18-13/h7-8,10-11H,5-6,9H2,1-4H3,(H2,15,16,17). The van der Waals surface area contributed by atoms with Gasteiger partial charge in [0.15, 0.2) is 0 Å². The van der Waals surface area contributed by atoms with Crippen LogP contribution in [0.1, 0.15) is 43.4 Å². The molecule has 0 fully saturated rings. The number of thiophene rings is 1. The molecule has 1 aromatic rings. The van der Waals surface area contributed by atoms with Crippen molar-refractivity contribution in [1.82, 2.24) is 10.6 Å². The molecule has 1 aromatic heterocycles. The molecule has 1 rings (SSSR count). The Balaban J connectivity index is 2.20. The molecule has 0 saturated heterocycles. The Morgan fingerprint density at radius 1 is 1.28 bits per heavy atom. The lowest BCUT2D eigenvalue weighted by molar-refractivity contribution is 0.236. The number of carbonyl (C=O) groups excluding carboxylic acids is 1. The van der Waals surface area contributed by atoms with Gasteiger partial charge in [-0.3, -0.25) is 0 Å². The van der Waals surface area contributed by atoms with Crippen LogP contribution in [0.15, 0.2) is 12.1 Å². The van der Waals surface area contributed by atoms with E-state index in [1.807, 2.05) is 0 Å². The zero-order valence-corrected chi connectivity index (χ0v) is 12.6. The normalized spacial score (nSPS) is 12.5. The highest BCUT2D eigenvalue weighted by Gasteiger charge is 2.08. The Hall–Kier alpha value is -1.03. The van der Waals surface area contributed by atoms with E-state index in [1.165, 1.54) is 9.75 Å². The first kappa shape index (κ1) is 15.0. The molecule has 0 saturated carbocycles. The molecule has 3 nitrogen and oxygen atoms in total. The van der Waals surface area contributed by atoms with E-state index < -0.39 is 0 Å². The van der Waals surface area contributed by atoms with Crippen LogP contribution in [0.5, 0.6) is 0 Å². The molecule has 0 aliphatic heterocycles. The van der Waals surface area contributed by atoms with Gasteiger partial charge in [-0.05, 0) is 44.7 Å². The fourth-order valence-electron chi connectivity index (χ4n) is 1.68. The lowest BCUT2D eigenvalue weighted by Gasteiger charge is -2.15. The highest BCUT2D eigenvalue weighted by atomic mass is 32.1. The smallest absolute Gasteiger partial charge is 0.315 e. The van der Waals surface area contributed by atoms with E-state index in [-0.39, 0.29) is 12.1 Å². The second kappa shape index (κ2) is 7.41. The number of carbonyl (C=O) groups is 1. The maximum Gasteiger partial charge on any atom is 0.315 e. The van der Waals surface area contributed by atoms with Crippen molar-refractivity contribution in [3.8, 4) is 0 Å². The SMILES string of the molecule is Cc1ccc(CNC(=O)NC(C)CCC(C)C)s1. The lowest BCUT2D eigenvalue weighted by Crippen LogP contribution is -2.40. The second-order valence-electron chi connectivity index (χ2n) is 5.21. The average Bonchev–Trinajstić information content (AvgIpc) is 2.70. The van der Waals surface area contributed by atoms with Gasteiger partial charge in [-0.25, -0.2) is 4.79 Å². The summed E-state index contributed by atoms with van der Waals surface area (Å²) in [4.78, 5) is 14.1. The minimum atomic E-state index is -0.0719. The molecular weight excluding hydrogens is 244 g/mol. The van der Waals surface area contributed by atoms with Crippen LogP contribution >= 0.6 is 11.3 Å². The highest BCUT2D eigenvalue weighted by Crippen LogP contribution is 2.14. The van der Waals surface area contributed by atoms with Crippen molar-refractivity contribution in [2.24, 2.45) is 5.92 Å². The van der Waals surface area contributed by atoms with Crippen LogP contribution in [0.3, 0.4) is 0 Å². The van der Waals surface area contributed by atoms with Crippen LogP contribution in [0, 0.1) is 12.8 Å². The molecular formula is C14H24N2OS. The Labute approximate surface area is 114 Å². The lowest BCUT2D eigenvalue weighted by atomic mass is 10.0. The quantitative estimate of drug-likeness (QED) is 0.812. The summed E-state index contributed by atoms with van der Waals surface area (Å²) >= 11 is 1.72. The summed E-state index contributed by atoms with van der Waals surface area (Å²) in [6.45, 7) is 9.14. The van der Waals surface area contributed by atoms with E-state index >= 15 is 0 Å². The first-order chi connectivity index (χ1) is 8.47. The third kappa shape index (κ3) is 6.05. The largest absolute Gasteiger partial charge is 0.336 e. The van der Waals surface area contributed by atoms with E-state index in [2.05, 4.69) is 50.5 Å². The van der Waals surface area contributed by atoms with Crippen LogP contribution in [-0.2, 0) is 6.54 Å². The van der Waals surface area contributed by atoms with Crippen LogP contribution in [0.2, 0.25) is 0 Å². The number of amides is 2. The Morgan fingerprint density at radius 2 is 2.00 bits per heavy atom. The van der Waals surface area contributed by atoms with Crippen LogP contribution < -0.4 is 10.6 Å². The number of hydrogen-bond acceptors (Lipinski definition) is 2. The fraction of sp³-hybridized carbons (Fsp3) is 0.643. The first-order valence-corrected chi connectivity index (χ1v) is 7.38. The predicted molar refractivity (Wildman–Crippen MR) is 78.0 cm³/mol. The summed E-state index contributed by atoms with van der Waals surface area (Å²) in [7, 11) is 0. The zero-order valence-electron chi connectivity index (χ0n) is 11.7. The number of hydrogen-bond donors (Lipinski definition) is 2. The van der Waals surface area contributed by atoms with Gasteiger partial charge < -0.3 is 10.6 Å². The third-order valence-electron chi connectivity index (χ3n) is 2.77. The summed E-state index contributed by atoms with van der Waals surface area (Å²) in [6.07, 6.45) is 2.18. The van der Waals surface area contributed by atoms with Gasteiger partial charge in [-0.15, -0.1) is 11.3 Å². The molecule has 18 heavy (non-hydrogen) atoms. The van der Waals surface area contributed by atoms with E-state index in [1.54, 1.807) is 11.3 Å². The maximum absolute atomic E-state index is 11.7. The maximum atomic E-state index is 11.7. The van der Waals surface area contributed by atoms with Crippen molar-refractivity contribution in [3.63, 3.8) is 0 Å². The molecule has 0 aliphatic rings. The first-order valence-electron chi connectivity index (χ1n) is 6.57. The van der Waals surface area contributed by atoms with Crippen LogP contribution in [0.25, 0.3) is 0 Å². The summed E-state index contributed by atoms with van der Waals surface area (Å²) < 4.78 is 0. The Bertz CT molecular complexity index is 374. The van der Waals surface area contributed by atoms with Crippen molar-refractivity contribution in [1.29, 1.82) is 0 Å². The predicted octanol–water partition coefficient (Wildman–Crippen LogP) is 3.68. The third-order valence-corrected chi connectivity index (χ3v) is 3.77. The van der Waals surface area contributed by atoms with Gasteiger partial charge in [0.05, 0.1) is 6.54 Å². The summed E-state index contributed by atoms with van der Waals surface area (Å²) in [6, 6.07) is 4.29. The Kier molecular flexibility index (Phi) is 6.19. The summed E-state index contributed by atoms with van der Waals surface area (Å²) in [5.74, 6) is 0.686. The van der Waals surface area contributed by atoms with Gasteiger partial charge in [0, 0.05) is 15.8 Å². The number of urea groups is 1. The van der Waals surface area contributed by atoms with Crippen LogP contribution in [-0.4, -0.2) is 12.1 Å². The molecule has 0 radical (unpaired) electrons. The molecule has 0 aliphatic carbocycles. The molecule has 0 spiro atoms. The average molecular weight is 268 g/mol. The summed E-state index contributed by atoms with van der Waals surface area (Å²) in [5.41, 5.74) is 0. The Morgan fingerprint density at radius 3 is 2.56 bits per heavy atom. The number of rotatable bonds is 6. The second-order valence-corrected chi connectivity index (χ2v) is 6.58. The van der Waals surface area contributed by atoms with Crippen molar-refractivity contribution in [3.05, 3.63) is 21.9 Å². The van der Waals surface area contributed by atoms with Gasteiger partial charge in [0.1, 0.15) is 0 Å². The molecule has 4 heteroatoms. The monoisotopic (exact) mass is 268 g/mol. The molecule has 1 heterocycles. The van der Waals surface area contributed by atoms with Crippen molar-refractivity contribution >= 4 is 17.4 Å². The van der Waals surface area contributed by atoms with E-state index in [9.17, 15) is 4.79 Å². The number of nitrogens with one attached hydrogen (secondary N) is 2. The van der Waals surface area contributed by atoms with Gasteiger partial charge >= 0.3 is 6.03 Å². The van der Waals surface area contributed by atoms with Gasteiger partial charge in [-0.1, -0.05) is 13.8 Å². The highest BCUT2D eigenvalue weighted by molar-refractivity contribution is 7.11. The van der Waals surface area contributed by atoms with Crippen LogP contribution in [0.4, 0.5) is 4.79 Å². The molecule has 1 unspecified atom stereocenters. The zero-order chi connectivity index (χ0) is 13.5. The molecule has 0 aromatic carbocycles. The van der Waals surface area contributed by atoms with Crippen molar-refractivity contribution in [2.75, 3.05) is 0 Å². The van der Waals surface area contributed by atoms with Gasteiger partial charge in [-0.2, -0.15) is 0 Å². The molecule has 0 bridgehead atoms. The summed E-state index contributed by atoms with van der Waals surface area (Å²) in [5, 5.41) is 5.86. The molecule has 2 N–H and O–H groups in total. The van der Waals surface area contributed by atoms with Gasteiger partial charge in [0.2, 0.25) is 0 Å². The molecule has 2 amide bonds. The molecule has 102 valence electrons. The minimum absolute atomic E-state index is 0.0719. The van der Waals surface area contributed by atoms with Crippen molar-refractivity contribution < 1.29 is 4.79 Å². The molecule has 1 atom stereocenters.